The average molecular weight is 303 g/mol. The van der Waals surface area contributed by atoms with Gasteiger partial charge >= 0.3 is 0 Å². The Bertz CT molecular complexity index is 428. The molecule has 0 amide bonds. The fourth-order valence-electron chi connectivity index (χ4n) is 2.25. The van der Waals surface area contributed by atoms with E-state index in [1.54, 1.807) is 30.0 Å². The monoisotopic (exact) mass is 302 g/mol. The molecule has 0 spiro atoms. The van der Waals surface area contributed by atoms with Crippen LogP contribution in [0.25, 0.3) is 0 Å². The number of benzene rings is 1. The maximum absolute atomic E-state index is 12.0. The van der Waals surface area contributed by atoms with Crippen LogP contribution < -0.4 is 0 Å². The Balaban J connectivity index is 1.81. The fourth-order valence-corrected chi connectivity index (χ4v) is 3.68. The molecule has 1 aromatic rings. The van der Waals surface area contributed by atoms with Gasteiger partial charge in [-0.15, -0.1) is 0 Å². The second-order valence-electron chi connectivity index (χ2n) is 4.72. The molecule has 0 aliphatic heterocycles. The minimum atomic E-state index is 0.136. The van der Waals surface area contributed by atoms with E-state index in [1.807, 2.05) is 0 Å². The zero-order valence-corrected chi connectivity index (χ0v) is 12.5. The molecule has 4 heteroatoms. The van der Waals surface area contributed by atoms with E-state index in [0.29, 0.717) is 21.4 Å². The van der Waals surface area contributed by atoms with E-state index in [4.69, 9.17) is 23.2 Å². The number of halogens is 2. The molecule has 0 unspecified atom stereocenters. The highest BCUT2D eigenvalue weighted by atomic mass is 35.5. The van der Waals surface area contributed by atoms with E-state index < -0.39 is 0 Å². The summed E-state index contributed by atoms with van der Waals surface area (Å²) >= 11 is 13.5. The van der Waals surface area contributed by atoms with Crippen LogP contribution >= 0.6 is 35.0 Å². The SMILES string of the molecule is O=C(CSCC1CCCC1)c1ccc(Cl)c(Cl)c1. The van der Waals surface area contributed by atoms with Crippen LogP contribution in [0.1, 0.15) is 36.0 Å². The Labute approximate surface area is 122 Å². The third-order valence-corrected chi connectivity index (χ3v) is 5.22. The van der Waals surface area contributed by atoms with E-state index in [0.717, 1.165) is 11.7 Å². The Morgan fingerprint density at radius 2 is 1.94 bits per heavy atom. The van der Waals surface area contributed by atoms with Gasteiger partial charge in [0.2, 0.25) is 0 Å². The summed E-state index contributed by atoms with van der Waals surface area (Å²) in [7, 11) is 0. The van der Waals surface area contributed by atoms with Crippen LogP contribution in [-0.4, -0.2) is 17.3 Å². The van der Waals surface area contributed by atoms with Crippen molar-refractivity contribution in [2.24, 2.45) is 5.92 Å². The summed E-state index contributed by atoms with van der Waals surface area (Å²) in [5, 5.41) is 0.940. The second kappa shape index (κ2) is 6.83. The molecule has 1 aliphatic rings. The highest BCUT2D eigenvalue weighted by Gasteiger charge is 2.16. The molecular formula is C14H16Cl2OS. The maximum atomic E-state index is 12.0. The predicted octanol–water partition coefficient (Wildman–Crippen LogP) is 5.10. The lowest BCUT2D eigenvalue weighted by Gasteiger charge is -2.08. The molecule has 0 bridgehead atoms. The molecule has 0 heterocycles. The molecule has 18 heavy (non-hydrogen) atoms. The molecule has 0 N–H and O–H groups in total. The smallest absolute Gasteiger partial charge is 0.172 e. The average Bonchev–Trinajstić information content (AvgIpc) is 2.85. The van der Waals surface area contributed by atoms with Crippen LogP contribution in [0.3, 0.4) is 0 Å². The number of hydrogen-bond donors (Lipinski definition) is 0. The lowest BCUT2D eigenvalue weighted by molar-refractivity contribution is 0.102. The summed E-state index contributed by atoms with van der Waals surface area (Å²) in [5.74, 6) is 2.59. The highest BCUT2D eigenvalue weighted by Crippen LogP contribution is 2.28. The molecule has 0 aromatic heterocycles. The van der Waals surface area contributed by atoms with Gasteiger partial charge in [0, 0.05) is 5.56 Å². The molecule has 0 atom stereocenters. The molecule has 1 aromatic carbocycles. The van der Waals surface area contributed by atoms with E-state index in [9.17, 15) is 4.79 Å². The molecule has 98 valence electrons. The number of hydrogen-bond acceptors (Lipinski definition) is 2. The van der Waals surface area contributed by atoms with Crippen molar-refractivity contribution in [2.75, 3.05) is 11.5 Å². The van der Waals surface area contributed by atoms with Gasteiger partial charge in [0.25, 0.3) is 0 Å². The number of ketones is 1. The van der Waals surface area contributed by atoms with Gasteiger partial charge in [-0.25, -0.2) is 0 Å². The van der Waals surface area contributed by atoms with Crippen LogP contribution in [0, 0.1) is 5.92 Å². The van der Waals surface area contributed by atoms with Gasteiger partial charge in [0.15, 0.2) is 5.78 Å². The third kappa shape index (κ3) is 3.91. The van der Waals surface area contributed by atoms with Crippen LogP contribution in [0.4, 0.5) is 0 Å². The molecule has 2 rings (SSSR count). The number of carbonyl (C=O) groups is 1. The van der Waals surface area contributed by atoms with Crippen LogP contribution in [-0.2, 0) is 0 Å². The van der Waals surface area contributed by atoms with E-state index in [1.165, 1.54) is 25.7 Å². The van der Waals surface area contributed by atoms with Gasteiger partial charge in [-0.2, -0.15) is 11.8 Å². The Morgan fingerprint density at radius 3 is 2.61 bits per heavy atom. The maximum Gasteiger partial charge on any atom is 0.172 e. The summed E-state index contributed by atoms with van der Waals surface area (Å²) in [6.07, 6.45) is 5.36. The molecule has 1 nitrogen and oxygen atoms in total. The first-order valence-electron chi connectivity index (χ1n) is 6.23. The first-order valence-corrected chi connectivity index (χ1v) is 8.14. The molecule has 0 saturated heterocycles. The standard InChI is InChI=1S/C14H16Cl2OS/c15-12-6-5-11(7-13(12)16)14(17)9-18-8-10-3-1-2-4-10/h5-7,10H,1-4,8-9H2. The molecular weight excluding hydrogens is 287 g/mol. The van der Waals surface area contributed by atoms with Crippen molar-refractivity contribution in [1.29, 1.82) is 0 Å². The van der Waals surface area contributed by atoms with Gasteiger partial charge in [-0.3, -0.25) is 4.79 Å². The zero-order chi connectivity index (χ0) is 13.0. The van der Waals surface area contributed by atoms with Crippen LogP contribution in [0.2, 0.25) is 10.0 Å². The Morgan fingerprint density at radius 1 is 1.22 bits per heavy atom. The van der Waals surface area contributed by atoms with E-state index >= 15 is 0 Å². The first-order chi connectivity index (χ1) is 8.66. The quantitative estimate of drug-likeness (QED) is 0.704. The summed E-state index contributed by atoms with van der Waals surface area (Å²) in [4.78, 5) is 12.0. The van der Waals surface area contributed by atoms with Crippen molar-refractivity contribution < 1.29 is 4.79 Å². The van der Waals surface area contributed by atoms with Crippen LogP contribution in [0.15, 0.2) is 18.2 Å². The predicted molar refractivity (Wildman–Crippen MR) is 80.1 cm³/mol. The summed E-state index contributed by atoms with van der Waals surface area (Å²) in [5.41, 5.74) is 0.656. The fraction of sp³-hybridized carbons (Fsp3) is 0.500. The topological polar surface area (TPSA) is 17.1 Å². The zero-order valence-electron chi connectivity index (χ0n) is 10.1. The van der Waals surface area contributed by atoms with Crippen molar-refractivity contribution >= 4 is 40.7 Å². The van der Waals surface area contributed by atoms with Crippen molar-refractivity contribution in [3.05, 3.63) is 33.8 Å². The van der Waals surface area contributed by atoms with Gasteiger partial charge in [0.1, 0.15) is 0 Å². The lowest BCUT2D eigenvalue weighted by Crippen LogP contribution is -2.05. The van der Waals surface area contributed by atoms with E-state index in [2.05, 4.69) is 0 Å². The number of carbonyl (C=O) groups excluding carboxylic acids is 1. The van der Waals surface area contributed by atoms with Crippen molar-refractivity contribution in [3.8, 4) is 0 Å². The molecule has 1 saturated carbocycles. The summed E-state index contributed by atoms with van der Waals surface area (Å²) in [6, 6.07) is 5.08. The molecule has 1 aliphatic carbocycles. The van der Waals surface area contributed by atoms with E-state index in [-0.39, 0.29) is 5.78 Å². The van der Waals surface area contributed by atoms with Gasteiger partial charge in [-0.1, -0.05) is 36.0 Å². The van der Waals surface area contributed by atoms with Crippen molar-refractivity contribution in [1.82, 2.24) is 0 Å². The van der Waals surface area contributed by atoms with Gasteiger partial charge < -0.3 is 0 Å². The lowest BCUT2D eigenvalue weighted by atomic mass is 10.1. The van der Waals surface area contributed by atoms with Gasteiger partial charge in [0.05, 0.1) is 15.8 Å². The van der Waals surface area contributed by atoms with Gasteiger partial charge in [-0.05, 0) is 42.7 Å². The summed E-state index contributed by atoms with van der Waals surface area (Å²) in [6.45, 7) is 0. The number of thioether (sulfide) groups is 1. The second-order valence-corrected chi connectivity index (χ2v) is 6.56. The largest absolute Gasteiger partial charge is 0.293 e. The summed E-state index contributed by atoms with van der Waals surface area (Å²) < 4.78 is 0. The van der Waals surface area contributed by atoms with Crippen molar-refractivity contribution in [3.63, 3.8) is 0 Å². The number of rotatable bonds is 5. The first kappa shape index (κ1) is 14.2. The highest BCUT2D eigenvalue weighted by molar-refractivity contribution is 7.99. The van der Waals surface area contributed by atoms with Crippen molar-refractivity contribution in [2.45, 2.75) is 25.7 Å². The third-order valence-electron chi connectivity index (χ3n) is 3.30. The Hall–Kier alpha value is -0.180. The Kier molecular flexibility index (Phi) is 5.40. The van der Waals surface area contributed by atoms with Crippen LogP contribution in [0.5, 0.6) is 0 Å². The molecule has 1 fully saturated rings. The molecule has 0 radical (unpaired) electrons. The number of Topliss-reactive ketones (excluding diaryl/α,β-unsaturated/α-hetero) is 1. The normalized spacial score (nSPS) is 16.1. The minimum absolute atomic E-state index is 0.136. The minimum Gasteiger partial charge on any atom is -0.293 e.